The van der Waals surface area contributed by atoms with Gasteiger partial charge in [0, 0.05) is 5.56 Å². The molecule has 0 radical (unpaired) electrons. The molecule has 120 valence electrons. The molecule has 0 heterocycles. The summed E-state index contributed by atoms with van der Waals surface area (Å²) in [7, 11) is 0. The molecule has 1 amide bonds. The van der Waals surface area contributed by atoms with Gasteiger partial charge in [0.05, 0.1) is 18.7 Å². The lowest BCUT2D eigenvalue weighted by molar-refractivity contribution is -0.117. The summed E-state index contributed by atoms with van der Waals surface area (Å²) in [4.78, 5) is 11.3. The first-order valence-corrected chi connectivity index (χ1v) is 7.83. The van der Waals surface area contributed by atoms with E-state index < -0.39 is 5.91 Å². The predicted molar refractivity (Wildman–Crippen MR) is 85.4 cm³/mol. The van der Waals surface area contributed by atoms with Crippen molar-refractivity contribution in [2.75, 3.05) is 6.61 Å². The van der Waals surface area contributed by atoms with Gasteiger partial charge in [-0.05, 0) is 49.4 Å². The van der Waals surface area contributed by atoms with E-state index in [1.54, 1.807) is 13.0 Å². The largest absolute Gasteiger partial charge is 0.493 e. The second-order valence-electron chi connectivity index (χ2n) is 5.97. The third-order valence-electron chi connectivity index (χ3n) is 4.19. The molecule has 5 heteroatoms. The van der Waals surface area contributed by atoms with Gasteiger partial charge in [-0.3, -0.25) is 4.79 Å². The Balaban J connectivity index is 2.12. The number of hydrogen-bond acceptors (Lipinski definition) is 4. The highest BCUT2D eigenvalue weighted by atomic mass is 16.5. The van der Waals surface area contributed by atoms with Gasteiger partial charge >= 0.3 is 0 Å². The lowest BCUT2D eigenvalue weighted by atomic mass is 9.90. The standard InChI is InChI=1S/C17H24N2O3/c1-12(19-21)14-7-8-16(15(9-14)10-17(18)20)22-11-13-5-3-2-4-6-13/h7-9,13,21H,2-6,10-11H2,1H3,(H2,18,20). The number of ether oxygens (including phenoxy) is 1. The van der Waals surface area contributed by atoms with Gasteiger partial charge in [-0.1, -0.05) is 24.4 Å². The lowest BCUT2D eigenvalue weighted by Crippen LogP contribution is -2.18. The number of hydrogen-bond donors (Lipinski definition) is 2. The van der Waals surface area contributed by atoms with E-state index in [2.05, 4.69) is 5.16 Å². The van der Waals surface area contributed by atoms with E-state index in [4.69, 9.17) is 15.7 Å². The number of rotatable bonds is 6. The van der Waals surface area contributed by atoms with E-state index in [0.29, 0.717) is 24.0 Å². The third-order valence-corrected chi connectivity index (χ3v) is 4.19. The Kier molecular flexibility index (Phi) is 5.81. The maximum absolute atomic E-state index is 11.3. The topological polar surface area (TPSA) is 84.9 Å². The minimum Gasteiger partial charge on any atom is -0.493 e. The molecule has 22 heavy (non-hydrogen) atoms. The predicted octanol–water partition coefficient (Wildman–Crippen LogP) is 2.87. The van der Waals surface area contributed by atoms with Crippen molar-refractivity contribution in [1.29, 1.82) is 0 Å². The molecule has 0 unspecified atom stereocenters. The summed E-state index contributed by atoms with van der Waals surface area (Å²) >= 11 is 0. The first-order chi connectivity index (χ1) is 10.6. The van der Waals surface area contributed by atoms with Crippen molar-refractivity contribution >= 4 is 11.6 Å². The highest BCUT2D eigenvalue weighted by Gasteiger charge is 2.16. The van der Waals surface area contributed by atoms with E-state index in [-0.39, 0.29) is 6.42 Å². The number of carbonyl (C=O) groups excluding carboxylic acids is 1. The zero-order valence-corrected chi connectivity index (χ0v) is 13.0. The van der Waals surface area contributed by atoms with Gasteiger partial charge in [-0.2, -0.15) is 0 Å². The molecule has 5 nitrogen and oxygen atoms in total. The van der Waals surface area contributed by atoms with Crippen LogP contribution in [0.4, 0.5) is 0 Å². The van der Waals surface area contributed by atoms with Crippen LogP contribution in [0.15, 0.2) is 23.4 Å². The van der Waals surface area contributed by atoms with Crippen LogP contribution in [0.5, 0.6) is 5.75 Å². The number of nitrogens with two attached hydrogens (primary N) is 1. The minimum absolute atomic E-state index is 0.118. The van der Waals surface area contributed by atoms with E-state index >= 15 is 0 Å². The van der Waals surface area contributed by atoms with Crippen LogP contribution in [0.1, 0.15) is 50.2 Å². The molecule has 1 aliphatic carbocycles. The molecule has 0 saturated heterocycles. The molecule has 0 bridgehead atoms. The van der Waals surface area contributed by atoms with Gasteiger partial charge < -0.3 is 15.7 Å². The molecule has 0 spiro atoms. The number of oxime groups is 1. The van der Waals surface area contributed by atoms with Gasteiger partial charge in [-0.25, -0.2) is 0 Å². The van der Waals surface area contributed by atoms with Crippen molar-refractivity contribution in [3.8, 4) is 5.75 Å². The number of nitrogens with zero attached hydrogens (tertiary/aromatic N) is 1. The fourth-order valence-electron chi connectivity index (χ4n) is 2.89. The SMILES string of the molecule is CC(=NO)c1ccc(OCC2CCCCC2)c(CC(N)=O)c1. The molecule has 2 rings (SSSR count). The normalized spacial score (nSPS) is 16.5. The molecule has 0 aromatic heterocycles. The van der Waals surface area contributed by atoms with Crippen LogP contribution in [0.3, 0.4) is 0 Å². The minimum atomic E-state index is -0.404. The van der Waals surface area contributed by atoms with Gasteiger partial charge in [0.15, 0.2) is 0 Å². The van der Waals surface area contributed by atoms with Crippen molar-refractivity contribution < 1.29 is 14.7 Å². The first kappa shape index (κ1) is 16.3. The Labute approximate surface area is 131 Å². The number of amides is 1. The Morgan fingerprint density at radius 1 is 1.36 bits per heavy atom. The third kappa shape index (κ3) is 4.48. The van der Waals surface area contributed by atoms with Crippen molar-refractivity contribution in [2.24, 2.45) is 16.8 Å². The summed E-state index contributed by atoms with van der Waals surface area (Å²) in [6.07, 6.45) is 6.39. The molecule has 1 aromatic carbocycles. The van der Waals surface area contributed by atoms with E-state index in [9.17, 15) is 4.79 Å². The van der Waals surface area contributed by atoms with Crippen molar-refractivity contribution in [1.82, 2.24) is 0 Å². The second kappa shape index (κ2) is 7.82. The number of primary amides is 1. The average molecular weight is 304 g/mol. The molecule has 1 aromatic rings. The molecule has 0 atom stereocenters. The molecule has 1 fully saturated rings. The van der Waals surface area contributed by atoms with Gasteiger partial charge in [-0.15, -0.1) is 0 Å². The van der Waals surface area contributed by atoms with Crippen LogP contribution in [0, 0.1) is 5.92 Å². The Hall–Kier alpha value is -2.04. The van der Waals surface area contributed by atoms with E-state index in [1.165, 1.54) is 32.1 Å². The molecular weight excluding hydrogens is 280 g/mol. The van der Waals surface area contributed by atoms with E-state index in [1.807, 2.05) is 12.1 Å². The Morgan fingerprint density at radius 2 is 2.09 bits per heavy atom. The fourth-order valence-corrected chi connectivity index (χ4v) is 2.89. The monoisotopic (exact) mass is 304 g/mol. The maximum atomic E-state index is 11.3. The molecule has 1 aliphatic rings. The van der Waals surface area contributed by atoms with Crippen molar-refractivity contribution in [3.63, 3.8) is 0 Å². The summed E-state index contributed by atoms with van der Waals surface area (Å²) < 4.78 is 5.94. The highest BCUT2D eigenvalue weighted by molar-refractivity contribution is 5.98. The van der Waals surface area contributed by atoms with Crippen LogP contribution < -0.4 is 10.5 Å². The fraction of sp³-hybridized carbons (Fsp3) is 0.529. The average Bonchev–Trinajstić information content (AvgIpc) is 2.53. The summed E-state index contributed by atoms with van der Waals surface area (Å²) in [5.41, 5.74) is 7.30. The first-order valence-electron chi connectivity index (χ1n) is 7.83. The summed E-state index contributed by atoms with van der Waals surface area (Å²) in [6.45, 7) is 2.38. The van der Waals surface area contributed by atoms with Gasteiger partial charge in [0.25, 0.3) is 0 Å². The van der Waals surface area contributed by atoms with Crippen molar-refractivity contribution in [2.45, 2.75) is 45.4 Å². The van der Waals surface area contributed by atoms with Gasteiger partial charge in [0.1, 0.15) is 5.75 Å². The zero-order chi connectivity index (χ0) is 15.9. The van der Waals surface area contributed by atoms with Crippen molar-refractivity contribution in [3.05, 3.63) is 29.3 Å². The summed E-state index contributed by atoms with van der Waals surface area (Å²) in [5, 5.41) is 12.1. The van der Waals surface area contributed by atoms with Crippen LogP contribution in [0.2, 0.25) is 0 Å². The number of carbonyl (C=O) groups is 1. The molecule has 1 saturated carbocycles. The van der Waals surface area contributed by atoms with Crippen LogP contribution in [-0.4, -0.2) is 23.4 Å². The maximum Gasteiger partial charge on any atom is 0.221 e. The Bertz CT molecular complexity index is 549. The van der Waals surface area contributed by atoms with Crippen LogP contribution >= 0.6 is 0 Å². The molecule has 3 N–H and O–H groups in total. The summed E-state index contributed by atoms with van der Waals surface area (Å²) in [5.74, 6) is 0.882. The highest BCUT2D eigenvalue weighted by Crippen LogP contribution is 2.27. The smallest absolute Gasteiger partial charge is 0.221 e. The zero-order valence-electron chi connectivity index (χ0n) is 13.0. The van der Waals surface area contributed by atoms with E-state index in [0.717, 1.165) is 11.1 Å². The Morgan fingerprint density at radius 3 is 2.73 bits per heavy atom. The second-order valence-corrected chi connectivity index (χ2v) is 5.97. The van der Waals surface area contributed by atoms with Crippen LogP contribution in [-0.2, 0) is 11.2 Å². The van der Waals surface area contributed by atoms with Gasteiger partial charge in [0.2, 0.25) is 5.91 Å². The molecular formula is C17H24N2O3. The lowest BCUT2D eigenvalue weighted by Gasteiger charge is -2.22. The number of benzene rings is 1. The molecule has 0 aliphatic heterocycles. The van der Waals surface area contributed by atoms with Crippen LogP contribution in [0.25, 0.3) is 0 Å². The quantitative estimate of drug-likeness (QED) is 0.481. The summed E-state index contributed by atoms with van der Waals surface area (Å²) in [6, 6.07) is 5.46.